The number of Topliss-reactive ketones (excluding diaryl/α,β-unsaturated/α-hetero) is 1. The van der Waals surface area contributed by atoms with Crippen LogP contribution in [0.25, 0.3) is 0 Å². The van der Waals surface area contributed by atoms with Gasteiger partial charge in [-0.15, -0.1) is 0 Å². The van der Waals surface area contributed by atoms with Crippen LogP contribution in [-0.4, -0.2) is 12.4 Å². The Morgan fingerprint density at radius 1 is 1.53 bits per heavy atom. The number of benzene rings is 1. The normalized spacial score (nSPS) is 11.5. The van der Waals surface area contributed by atoms with Gasteiger partial charge in [-0.3, -0.25) is 4.79 Å². The van der Waals surface area contributed by atoms with Crippen LogP contribution >= 0.6 is 11.6 Å². The largest absolute Gasteiger partial charge is 0.486 e. The lowest BCUT2D eigenvalue weighted by atomic mass is 10.1. The van der Waals surface area contributed by atoms with Gasteiger partial charge >= 0.3 is 0 Å². The minimum atomic E-state index is -0.627. The van der Waals surface area contributed by atoms with Crippen molar-refractivity contribution in [3.05, 3.63) is 29.3 Å². The average Bonchev–Trinajstić information content (AvgIpc) is 2.26. The lowest BCUT2D eigenvalue weighted by Gasteiger charge is -2.05. The van der Waals surface area contributed by atoms with Gasteiger partial charge in [0.15, 0.2) is 5.78 Å². The van der Waals surface area contributed by atoms with E-state index in [-0.39, 0.29) is 12.4 Å². The van der Waals surface area contributed by atoms with E-state index >= 15 is 0 Å². The molecule has 0 radical (unpaired) electrons. The molecule has 0 aliphatic heterocycles. The first-order valence-corrected chi connectivity index (χ1v) is 4.82. The third-order valence-electron chi connectivity index (χ3n) is 1.87. The highest BCUT2D eigenvalue weighted by atomic mass is 35.5. The molecule has 0 saturated carbocycles. The highest BCUT2D eigenvalue weighted by molar-refractivity contribution is 6.30. The summed E-state index contributed by atoms with van der Waals surface area (Å²) in [7, 11) is 0. The van der Waals surface area contributed by atoms with Crippen molar-refractivity contribution in [2.24, 2.45) is 5.92 Å². The second-order valence-corrected chi connectivity index (χ2v) is 3.50. The summed E-state index contributed by atoms with van der Waals surface area (Å²) in [6.45, 7) is 1.46. The molecule has 0 amide bonds. The Labute approximate surface area is 93.2 Å². The number of rotatable bonds is 4. The van der Waals surface area contributed by atoms with Gasteiger partial charge in [0.1, 0.15) is 18.3 Å². The fourth-order valence-corrected chi connectivity index (χ4v) is 1.01. The molecule has 1 aromatic rings. The highest BCUT2D eigenvalue weighted by Gasteiger charge is 2.11. The van der Waals surface area contributed by atoms with E-state index < -0.39 is 5.92 Å². The fourth-order valence-electron chi connectivity index (χ4n) is 0.882. The summed E-state index contributed by atoms with van der Waals surface area (Å²) in [6, 6.07) is 8.56. The Kier molecular flexibility index (Phi) is 4.14. The smallest absolute Gasteiger partial charge is 0.186 e. The van der Waals surface area contributed by atoms with Gasteiger partial charge in [-0.2, -0.15) is 5.26 Å². The van der Waals surface area contributed by atoms with E-state index in [0.717, 1.165) is 0 Å². The maximum Gasteiger partial charge on any atom is 0.186 e. The summed E-state index contributed by atoms with van der Waals surface area (Å²) in [4.78, 5) is 11.2. The van der Waals surface area contributed by atoms with Crippen molar-refractivity contribution in [3.8, 4) is 11.8 Å². The van der Waals surface area contributed by atoms with Gasteiger partial charge in [0.25, 0.3) is 0 Å². The summed E-state index contributed by atoms with van der Waals surface area (Å²) < 4.78 is 5.19. The number of nitrogens with zero attached hydrogens (tertiary/aromatic N) is 1. The second-order valence-electron chi connectivity index (χ2n) is 3.06. The number of hydrogen-bond acceptors (Lipinski definition) is 3. The number of hydrogen-bond donors (Lipinski definition) is 0. The maximum absolute atomic E-state index is 11.2. The second kappa shape index (κ2) is 5.38. The van der Waals surface area contributed by atoms with Crippen molar-refractivity contribution < 1.29 is 9.53 Å². The molecule has 0 fully saturated rings. The molecule has 1 aromatic carbocycles. The van der Waals surface area contributed by atoms with Crippen LogP contribution in [0.5, 0.6) is 5.75 Å². The van der Waals surface area contributed by atoms with E-state index in [1.807, 2.05) is 6.07 Å². The zero-order valence-electron chi connectivity index (χ0n) is 8.24. The monoisotopic (exact) mass is 223 g/mol. The third kappa shape index (κ3) is 3.61. The van der Waals surface area contributed by atoms with E-state index in [1.54, 1.807) is 31.2 Å². The van der Waals surface area contributed by atoms with Crippen molar-refractivity contribution in [1.82, 2.24) is 0 Å². The minimum absolute atomic E-state index is 0.0869. The molecule has 0 bridgehead atoms. The molecule has 1 rings (SSSR count). The zero-order valence-corrected chi connectivity index (χ0v) is 8.99. The number of ketones is 1. The van der Waals surface area contributed by atoms with Crippen LogP contribution in [0.2, 0.25) is 5.02 Å². The van der Waals surface area contributed by atoms with Gasteiger partial charge in [0.05, 0.1) is 6.07 Å². The van der Waals surface area contributed by atoms with Crippen LogP contribution < -0.4 is 4.74 Å². The summed E-state index contributed by atoms with van der Waals surface area (Å²) in [5.41, 5.74) is 0. The van der Waals surface area contributed by atoms with Crippen LogP contribution in [0.1, 0.15) is 6.92 Å². The Bertz CT molecular complexity index is 381. The molecule has 0 aliphatic rings. The van der Waals surface area contributed by atoms with Crippen molar-refractivity contribution in [1.29, 1.82) is 5.26 Å². The average molecular weight is 224 g/mol. The van der Waals surface area contributed by atoms with E-state index in [0.29, 0.717) is 10.8 Å². The van der Waals surface area contributed by atoms with E-state index in [1.165, 1.54) is 0 Å². The first-order valence-electron chi connectivity index (χ1n) is 4.44. The summed E-state index contributed by atoms with van der Waals surface area (Å²) in [5, 5.41) is 9.11. The number of carbonyl (C=O) groups excluding carboxylic acids is 1. The van der Waals surface area contributed by atoms with Crippen LogP contribution in [0, 0.1) is 17.2 Å². The topological polar surface area (TPSA) is 50.1 Å². The molecule has 1 atom stereocenters. The van der Waals surface area contributed by atoms with Gasteiger partial charge in [-0.05, 0) is 31.2 Å². The van der Waals surface area contributed by atoms with E-state index in [2.05, 4.69) is 0 Å². The molecule has 78 valence electrons. The predicted octanol–water partition coefficient (Wildman–Crippen LogP) is 2.45. The SMILES string of the molecule is CC(C#N)C(=O)COc1ccc(Cl)cc1. The van der Waals surface area contributed by atoms with Gasteiger partial charge < -0.3 is 4.74 Å². The van der Waals surface area contributed by atoms with Crippen molar-refractivity contribution in [2.75, 3.05) is 6.61 Å². The third-order valence-corrected chi connectivity index (χ3v) is 2.12. The molecular weight excluding hydrogens is 214 g/mol. The number of carbonyl (C=O) groups is 1. The standard InChI is InChI=1S/C11H10ClNO2/c1-8(6-13)11(14)7-15-10-4-2-9(12)3-5-10/h2-5,8H,7H2,1H3. The molecule has 3 nitrogen and oxygen atoms in total. The van der Waals surface area contributed by atoms with Crippen molar-refractivity contribution >= 4 is 17.4 Å². The van der Waals surface area contributed by atoms with E-state index in [4.69, 9.17) is 21.6 Å². The Morgan fingerprint density at radius 2 is 2.13 bits per heavy atom. The number of halogens is 1. The lowest BCUT2D eigenvalue weighted by molar-refractivity contribution is -0.122. The molecule has 0 heterocycles. The molecular formula is C11H10ClNO2. The Hall–Kier alpha value is -1.53. The molecule has 0 aliphatic carbocycles. The quantitative estimate of drug-likeness (QED) is 0.788. The minimum Gasteiger partial charge on any atom is -0.486 e. The molecule has 0 N–H and O–H groups in total. The molecule has 0 spiro atoms. The van der Waals surface area contributed by atoms with Crippen LogP contribution in [0.4, 0.5) is 0 Å². The summed E-state index contributed by atoms with van der Waals surface area (Å²) in [6.07, 6.45) is 0. The number of nitriles is 1. The van der Waals surface area contributed by atoms with Crippen molar-refractivity contribution in [2.45, 2.75) is 6.92 Å². The molecule has 15 heavy (non-hydrogen) atoms. The maximum atomic E-state index is 11.2. The Balaban J connectivity index is 2.48. The van der Waals surface area contributed by atoms with Gasteiger partial charge in [-0.1, -0.05) is 11.6 Å². The number of ether oxygens (including phenoxy) is 1. The van der Waals surface area contributed by atoms with Gasteiger partial charge in [-0.25, -0.2) is 0 Å². The van der Waals surface area contributed by atoms with Gasteiger partial charge in [0, 0.05) is 5.02 Å². The molecule has 4 heteroatoms. The van der Waals surface area contributed by atoms with E-state index in [9.17, 15) is 4.79 Å². The first kappa shape index (κ1) is 11.5. The van der Waals surface area contributed by atoms with Crippen LogP contribution in [0.15, 0.2) is 24.3 Å². The zero-order chi connectivity index (χ0) is 11.3. The fraction of sp³-hybridized carbons (Fsp3) is 0.273. The molecule has 0 saturated heterocycles. The first-order chi connectivity index (χ1) is 7.13. The van der Waals surface area contributed by atoms with Gasteiger partial charge in [0.2, 0.25) is 0 Å². The van der Waals surface area contributed by atoms with Crippen LogP contribution in [0.3, 0.4) is 0 Å². The van der Waals surface area contributed by atoms with Crippen LogP contribution in [-0.2, 0) is 4.79 Å². The summed E-state index contributed by atoms with van der Waals surface area (Å²) >= 11 is 5.68. The highest BCUT2D eigenvalue weighted by Crippen LogP contribution is 2.15. The predicted molar refractivity (Wildman–Crippen MR) is 56.7 cm³/mol. The Morgan fingerprint density at radius 3 is 2.67 bits per heavy atom. The van der Waals surface area contributed by atoms with Crippen molar-refractivity contribution in [3.63, 3.8) is 0 Å². The molecule has 0 aromatic heterocycles. The molecule has 1 unspecified atom stereocenters. The lowest BCUT2D eigenvalue weighted by Crippen LogP contribution is -2.17. The summed E-state index contributed by atoms with van der Waals surface area (Å²) in [5.74, 6) is -0.289.